The molecule has 6 nitrogen and oxygen atoms in total. The average Bonchev–Trinajstić information content (AvgIpc) is 3.40. The van der Waals surface area contributed by atoms with Crippen LogP contribution >= 0.6 is 34.4 Å². The maximum Gasteiger partial charge on any atom is 0.236 e. The molecule has 1 atom stereocenters. The lowest BCUT2D eigenvalue weighted by Crippen LogP contribution is -2.18. The fraction of sp³-hybridized carbons (Fsp3) is 0.400. The van der Waals surface area contributed by atoms with Gasteiger partial charge in [-0.05, 0) is 24.3 Å². The molecule has 0 aromatic carbocycles. The topological polar surface area (TPSA) is 73.1 Å². The third kappa shape index (κ3) is 3.97. The van der Waals surface area contributed by atoms with Crippen molar-refractivity contribution in [2.24, 2.45) is 0 Å². The first-order valence-corrected chi connectivity index (χ1v) is 10.3. The predicted octanol–water partition coefficient (Wildman–Crippen LogP) is 4.14. The highest BCUT2D eigenvalue weighted by Gasteiger charge is 2.16. The summed E-state index contributed by atoms with van der Waals surface area (Å²) in [6, 6.07) is 4.00. The van der Waals surface area contributed by atoms with Crippen LogP contribution in [0.15, 0.2) is 32.5 Å². The van der Waals surface area contributed by atoms with Gasteiger partial charge in [-0.15, -0.1) is 21.5 Å². The Balaban J connectivity index is 1.28. The van der Waals surface area contributed by atoms with Gasteiger partial charge in [-0.1, -0.05) is 29.2 Å². The molecular formula is C15H16N4O2S3. The molecule has 1 saturated heterocycles. The lowest BCUT2D eigenvalue weighted by molar-refractivity contribution is 0.120. The Hall–Kier alpha value is -1.42. The summed E-state index contributed by atoms with van der Waals surface area (Å²) < 4.78 is 12.0. The summed E-state index contributed by atoms with van der Waals surface area (Å²) in [6.07, 6.45) is 4.27. The zero-order chi connectivity index (χ0) is 16.2. The van der Waals surface area contributed by atoms with Crippen molar-refractivity contribution in [2.45, 2.75) is 29.0 Å². The SMILES string of the molecule is c1csc(-c2nc(CSc3nnc(NCC4CCCO4)s3)co2)c1. The quantitative estimate of drug-likeness (QED) is 0.618. The van der Waals surface area contributed by atoms with Crippen LogP contribution in [-0.4, -0.2) is 34.4 Å². The molecule has 9 heteroatoms. The van der Waals surface area contributed by atoms with E-state index in [0.29, 0.717) is 12.0 Å². The maximum absolute atomic E-state index is 5.59. The summed E-state index contributed by atoms with van der Waals surface area (Å²) in [6.45, 7) is 1.67. The van der Waals surface area contributed by atoms with Gasteiger partial charge < -0.3 is 14.5 Å². The van der Waals surface area contributed by atoms with Crippen LogP contribution in [0, 0.1) is 0 Å². The number of rotatable bonds is 7. The number of oxazole rings is 1. The monoisotopic (exact) mass is 380 g/mol. The van der Waals surface area contributed by atoms with Crippen LogP contribution < -0.4 is 5.32 Å². The first-order chi connectivity index (χ1) is 11.9. The van der Waals surface area contributed by atoms with Gasteiger partial charge in [0.25, 0.3) is 0 Å². The van der Waals surface area contributed by atoms with E-state index in [1.54, 1.807) is 40.7 Å². The number of aromatic nitrogens is 3. The number of hydrogen-bond donors (Lipinski definition) is 1. The van der Waals surface area contributed by atoms with Crippen LogP contribution in [0.25, 0.3) is 10.8 Å². The first kappa shape index (κ1) is 16.1. The Morgan fingerprint density at radius 2 is 2.38 bits per heavy atom. The van der Waals surface area contributed by atoms with Gasteiger partial charge in [0.15, 0.2) is 4.34 Å². The van der Waals surface area contributed by atoms with E-state index in [1.165, 1.54) is 0 Å². The van der Waals surface area contributed by atoms with Crippen molar-refractivity contribution in [3.05, 3.63) is 29.5 Å². The zero-order valence-corrected chi connectivity index (χ0v) is 15.3. The molecule has 126 valence electrons. The summed E-state index contributed by atoms with van der Waals surface area (Å²) in [5.74, 6) is 1.40. The summed E-state index contributed by atoms with van der Waals surface area (Å²) in [4.78, 5) is 5.55. The Morgan fingerprint density at radius 1 is 1.38 bits per heavy atom. The second-order valence-electron chi connectivity index (χ2n) is 5.30. The third-order valence-corrected chi connectivity index (χ3v) is 6.44. The van der Waals surface area contributed by atoms with Crippen molar-refractivity contribution < 1.29 is 9.15 Å². The van der Waals surface area contributed by atoms with Crippen LogP contribution in [0.2, 0.25) is 0 Å². The average molecular weight is 381 g/mol. The minimum atomic E-state index is 0.302. The van der Waals surface area contributed by atoms with E-state index in [-0.39, 0.29) is 0 Å². The summed E-state index contributed by atoms with van der Waals surface area (Å²) in [5.41, 5.74) is 0.910. The van der Waals surface area contributed by atoms with Crippen molar-refractivity contribution in [1.29, 1.82) is 0 Å². The highest BCUT2D eigenvalue weighted by atomic mass is 32.2. The number of nitrogens with zero attached hydrogens (tertiary/aromatic N) is 3. The van der Waals surface area contributed by atoms with Gasteiger partial charge in [-0.3, -0.25) is 0 Å². The first-order valence-electron chi connectivity index (χ1n) is 7.67. The zero-order valence-electron chi connectivity index (χ0n) is 12.8. The van der Waals surface area contributed by atoms with E-state index in [4.69, 9.17) is 9.15 Å². The molecular weight excluding hydrogens is 364 g/mol. The molecule has 0 amide bonds. The van der Waals surface area contributed by atoms with Gasteiger partial charge in [-0.2, -0.15) is 0 Å². The Bertz CT molecular complexity index is 765. The minimum absolute atomic E-state index is 0.302. The largest absolute Gasteiger partial charge is 0.444 e. The maximum atomic E-state index is 5.59. The molecule has 3 aromatic heterocycles. The summed E-state index contributed by atoms with van der Waals surface area (Å²) in [7, 11) is 0. The number of hydrogen-bond acceptors (Lipinski definition) is 9. The van der Waals surface area contributed by atoms with Gasteiger partial charge in [0.2, 0.25) is 11.0 Å². The lowest BCUT2D eigenvalue weighted by atomic mass is 10.2. The highest BCUT2D eigenvalue weighted by Crippen LogP contribution is 2.30. The number of anilines is 1. The van der Waals surface area contributed by atoms with E-state index in [9.17, 15) is 0 Å². The van der Waals surface area contributed by atoms with E-state index >= 15 is 0 Å². The fourth-order valence-electron chi connectivity index (χ4n) is 2.37. The molecule has 1 unspecified atom stereocenters. The fourth-order valence-corrected chi connectivity index (χ4v) is 4.66. The lowest BCUT2D eigenvalue weighted by Gasteiger charge is -2.08. The van der Waals surface area contributed by atoms with Gasteiger partial charge in [0.05, 0.1) is 16.7 Å². The molecule has 0 saturated carbocycles. The molecule has 0 aliphatic carbocycles. The summed E-state index contributed by atoms with van der Waals surface area (Å²) >= 11 is 4.80. The van der Waals surface area contributed by atoms with Crippen LogP contribution in [0.4, 0.5) is 5.13 Å². The van der Waals surface area contributed by atoms with E-state index in [0.717, 1.165) is 51.8 Å². The van der Waals surface area contributed by atoms with Crippen molar-refractivity contribution in [2.75, 3.05) is 18.5 Å². The normalized spacial score (nSPS) is 17.4. The summed E-state index contributed by atoms with van der Waals surface area (Å²) in [5, 5.41) is 14.5. The van der Waals surface area contributed by atoms with Crippen molar-refractivity contribution in [3.63, 3.8) is 0 Å². The van der Waals surface area contributed by atoms with Gasteiger partial charge >= 0.3 is 0 Å². The predicted molar refractivity (Wildman–Crippen MR) is 96.7 cm³/mol. The van der Waals surface area contributed by atoms with E-state index in [2.05, 4.69) is 20.5 Å². The van der Waals surface area contributed by atoms with Gasteiger partial charge in [0.1, 0.15) is 6.26 Å². The van der Waals surface area contributed by atoms with Gasteiger partial charge in [-0.25, -0.2) is 4.98 Å². The van der Waals surface area contributed by atoms with E-state index in [1.807, 2.05) is 17.5 Å². The number of thiophene rings is 1. The molecule has 1 N–H and O–H groups in total. The molecule has 0 spiro atoms. The number of nitrogens with one attached hydrogen (secondary N) is 1. The van der Waals surface area contributed by atoms with E-state index < -0.39 is 0 Å². The molecule has 1 aliphatic heterocycles. The number of ether oxygens (including phenoxy) is 1. The van der Waals surface area contributed by atoms with Crippen LogP contribution in [-0.2, 0) is 10.5 Å². The van der Waals surface area contributed by atoms with Gasteiger partial charge in [0, 0.05) is 18.9 Å². The molecule has 0 radical (unpaired) electrons. The van der Waals surface area contributed by atoms with Crippen molar-refractivity contribution >= 4 is 39.6 Å². The molecule has 1 fully saturated rings. The van der Waals surface area contributed by atoms with Crippen LogP contribution in [0.3, 0.4) is 0 Å². The molecule has 4 heterocycles. The highest BCUT2D eigenvalue weighted by molar-refractivity contribution is 8.00. The number of thioether (sulfide) groups is 1. The van der Waals surface area contributed by atoms with Crippen LogP contribution in [0.5, 0.6) is 0 Å². The Kier molecular flexibility index (Phi) is 5.12. The second kappa shape index (κ2) is 7.64. The molecule has 0 bridgehead atoms. The van der Waals surface area contributed by atoms with Crippen molar-refractivity contribution in [3.8, 4) is 10.8 Å². The molecule has 24 heavy (non-hydrogen) atoms. The van der Waals surface area contributed by atoms with Crippen LogP contribution in [0.1, 0.15) is 18.5 Å². The smallest absolute Gasteiger partial charge is 0.236 e. The standard InChI is InChI=1S/C15H16N4O2S3/c1-3-11(20-5-1)7-16-14-18-19-15(24-14)23-9-10-8-21-13(17-10)12-4-2-6-22-12/h2,4,6,8,11H,1,3,5,7,9H2,(H,16,18). The molecule has 1 aliphatic rings. The minimum Gasteiger partial charge on any atom is -0.444 e. The second-order valence-corrected chi connectivity index (χ2v) is 8.45. The molecule has 3 aromatic rings. The van der Waals surface area contributed by atoms with Crippen molar-refractivity contribution in [1.82, 2.24) is 15.2 Å². The molecule has 4 rings (SSSR count). The Morgan fingerprint density at radius 3 is 3.21 bits per heavy atom. The third-order valence-electron chi connectivity index (χ3n) is 3.54. The Labute approximate surface area is 151 Å².